The van der Waals surface area contributed by atoms with Gasteiger partial charge in [-0.2, -0.15) is 0 Å². The number of hydrogen-bond acceptors (Lipinski definition) is 9. The maximum atomic E-state index is 13.4. The molecule has 0 spiro atoms. The van der Waals surface area contributed by atoms with Gasteiger partial charge >= 0.3 is 6.09 Å². The van der Waals surface area contributed by atoms with Crippen molar-refractivity contribution in [3.63, 3.8) is 0 Å². The molecule has 2 N–H and O–H groups in total. The van der Waals surface area contributed by atoms with E-state index in [0.717, 1.165) is 5.56 Å². The lowest BCUT2D eigenvalue weighted by Gasteiger charge is -2.28. The average Bonchev–Trinajstić information content (AvgIpc) is 3.61. The SMILES string of the molecule is CCC(C)C(NC(=O)C1CCCN1C(=O)OCc1ccccc1)C(=O)NCC(=O)N1CCOCCOc2ccccc2OCCOCC1. The summed E-state index contributed by atoms with van der Waals surface area (Å²) in [7, 11) is 0. The molecule has 13 heteroatoms. The molecule has 48 heavy (non-hydrogen) atoms. The number of benzene rings is 2. The van der Waals surface area contributed by atoms with Crippen LogP contribution in [0.15, 0.2) is 54.6 Å². The second-order valence-electron chi connectivity index (χ2n) is 11.7. The van der Waals surface area contributed by atoms with E-state index < -0.39 is 30.0 Å². The largest absolute Gasteiger partial charge is 0.487 e. The van der Waals surface area contributed by atoms with Crippen molar-refractivity contribution in [2.75, 3.05) is 65.8 Å². The number of fused-ring (bicyclic) bond motifs is 1. The van der Waals surface area contributed by atoms with E-state index >= 15 is 0 Å². The van der Waals surface area contributed by atoms with Crippen LogP contribution in [0.5, 0.6) is 11.5 Å². The molecule has 0 aliphatic carbocycles. The minimum absolute atomic E-state index is 0.101. The summed E-state index contributed by atoms with van der Waals surface area (Å²) in [4.78, 5) is 55.9. The molecule has 2 aliphatic heterocycles. The maximum absolute atomic E-state index is 13.4. The summed E-state index contributed by atoms with van der Waals surface area (Å²) in [5.41, 5.74) is 0.846. The number of carbonyl (C=O) groups is 4. The van der Waals surface area contributed by atoms with E-state index in [0.29, 0.717) is 76.8 Å². The van der Waals surface area contributed by atoms with Crippen molar-refractivity contribution >= 4 is 23.8 Å². The van der Waals surface area contributed by atoms with Gasteiger partial charge in [-0.25, -0.2) is 4.79 Å². The second-order valence-corrected chi connectivity index (χ2v) is 11.7. The summed E-state index contributed by atoms with van der Waals surface area (Å²) >= 11 is 0. The number of nitrogens with one attached hydrogen (secondary N) is 2. The fourth-order valence-corrected chi connectivity index (χ4v) is 5.42. The van der Waals surface area contributed by atoms with E-state index in [-0.39, 0.29) is 38.2 Å². The fourth-order valence-electron chi connectivity index (χ4n) is 5.42. The Morgan fingerprint density at radius 3 is 2.10 bits per heavy atom. The van der Waals surface area contributed by atoms with Gasteiger partial charge < -0.3 is 39.2 Å². The molecule has 0 aromatic heterocycles. The highest BCUT2D eigenvalue weighted by atomic mass is 16.6. The second kappa shape index (κ2) is 19.5. The van der Waals surface area contributed by atoms with Crippen molar-refractivity contribution in [3.05, 3.63) is 60.2 Å². The van der Waals surface area contributed by atoms with Gasteiger partial charge in [0.1, 0.15) is 31.9 Å². The van der Waals surface area contributed by atoms with Gasteiger partial charge in [-0.05, 0) is 36.5 Å². The third kappa shape index (κ3) is 11.1. The molecule has 2 heterocycles. The van der Waals surface area contributed by atoms with Gasteiger partial charge in [0.15, 0.2) is 11.5 Å². The molecule has 2 aromatic rings. The molecule has 1 fully saturated rings. The van der Waals surface area contributed by atoms with Gasteiger partial charge in [-0.3, -0.25) is 19.3 Å². The van der Waals surface area contributed by atoms with Gasteiger partial charge in [0.25, 0.3) is 0 Å². The Hall–Kier alpha value is -4.36. The fraction of sp³-hybridized carbons (Fsp3) is 0.543. The first-order valence-electron chi connectivity index (χ1n) is 16.7. The Morgan fingerprint density at radius 2 is 1.48 bits per heavy atom. The van der Waals surface area contributed by atoms with Gasteiger partial charge in [0.05, 0.1) is 33.0 Å². The van der Waals surface area contributed by atoms with Crippen LogP contribution in [-0.4, -0.2) is 112 Å². The predicted octanol–water partition coefficient (Wildman–Crippen LogP) is 2.77. The standard InChI is InChI=1S/C35H48N4O9/c1-3-26(2)32(37-33(41)28-12-9-15-39(28)35(43)48-25-27-10-5-4-6-11-27)34(42)36-24-31(40)38-16-18-44-20-22-46-29-13-7-8-14-30(29)47-23-21-45-19-17-38/h4-8,10-11,13-14,26,28,32H,3,9,12,15-25H2,1-2H3,(H,36,42)(H,37,41). The molecular weight excluding hydrogens is 620 g/mol. The quantitative estimate of drug-likeness (QED) is 0.412. The monoisotopic (exact) mass is 668 g/mol. The van der Waals surface area contributed by atoms with Crippen molar-refractivity contribution in [1.29, 1.82) is 0 Å². The summed E-state index contributed by atoms with van der Waals surface area (Å²) in [6, 6.07) is 15.1. The molecule has 3 atom stereocenters. The first-order valence-corrected chi connectivity index (χ1v) is 16.7. The zero-order valence-corrected chi connectivity index (χ0v) is 27.9. The summed E-state index contributed by atoms with van der Waals surface area (Å²) in [6.07, 6.45) is 1.14. The van der Waals surface area contributed by atoms with Crippen LogP contribution < -0.4 is 20.1 Å². The Labute approximate surface area is 282 Å². The number of likely N-dealkylation sites (tertiary alicyclic amines) is 1. The number of rotatable bonds is 9. The Morgan fingerprint density at radius 1 is 0.854 bits per heavy atom. The number of ether oxygens (including phenoxy) is 5. The molecular formula is C35H48N4O9. The molecule has 2 aliphatic rings. The molecule has 262 valence electrons. The average molecular weight is 669 g/mol. The Kier molecular flexibility index (Phi) is 14.8. The number of nitrogens with zero attached hydrogens (tertiary/aromatic N) is 2. The summed E-state index contributed by atoms with van der Waals surface area (Å²) in [6.45, 7) is 6.44. The van der Waals surface area contributed by atoms with E-state index in [1.54, 1.807) is 4.90 Å². The summed E-state index contributed by atoms with van der Waals surface area (Å²) in [5.74, 6) is -0.180. The number of carbonyl (C=O) groups excluding carboxylic acids is 4. The first kappa shape index (κ1) is 36.5. The zero-order valence-electron chi connectivity index (χ0n) is 27.9. The van der Waals surface area contributed by atoms with Crippen LogP contribution >= 0.6 is 0 Å². The van der Waals surface area contributed by atoms with E-state index in [1.165, 1.54) is 4.90 Å². The minimum Gasteiger partial charge on any atom is -0.487 e. The number of amides is 4. The lowest BCUT2D eigenvalue weighted by atomic mass is 9.97. The van der Waals surface area contributed by atoms with E-state index in [1.807, 2.05) is 68.4 Å². The van der Waals surface area contributed by atoms with Crippen molar-refractivity contribution in [2.24, 2.45) is 5.92 Å². The van der Waals surface area contributed by atoms with Crippen molar-refractivity contribution < 1.29 is 42.9 Å². The third-order valence-corrected chi connectivity index (χ3v) is 8.39. The minimum atomic E-state index is -0.892. The van der Waals surface area contributed by atoms with Crippen LogP contribution in [0.3, 0.4) is 0 Å². The highest BCUT2D eigenvalue weighted by molar-refractivity contribution is 5.93. The van der Waals surface area contributed by atoms with Crippen LogP contribution in [0.1, 0.15) is 38.7 Å². The van der Waals surface area contributed by atoms with Crippen LogP contribution in [0, 0.1) is 5.92 Å². The molecule has 3 unspecified atom stereocenters. The van der Waals surface area contributed by atoms with Crippen molar-refractivity contribution in [1.82, 2.24) is 20.4 Å². The van der Waals surface area contributed by atoms with Crippen molar-refractivity contribution in [2.45, 2.75) is 51.8 Å². The van der Waals surface area contributed by atoms with Gasteiger partial charge in [-0.1, -0.05) is 62.7 Å². The van der Waals surface area contributed by atoms with Gasteiger partial charge in [0.2, 0.25) is 17.7 Å². The van der Waals surface area contributed by atoms with Crippen LogP contribution in [0.4, 0.5) is 4.79 Å². The lowest BCUT2D eigenvalue weighted by Crippen LogP contribution is -2.56. The molecule has 0 bridgehead atoms. The van der Waals surface area contributed by atoms with Crippen LogP contribution in [0.25, 0.3) is 0 Å². The van der Waals surface area contributed by atoms with Crippen LogP contribution in [0.2, 0.25) is 0 Å². The smallest absolute Gasteiger partial charge is 0.410 e. The third-order valence-electron chi connectivity index (χ3n) is 8.39. The molecule has 4 rings (SSSR count). The van der Waals surface area contributed by atoms with E-state index in [4.69, 9.17) is 23.7 Å². The Bertz CT molecular complexity index is 1290. The highest BCUT2D eigenvalue weighted by Gasteiger charge is 2.37. The molecule has 2 aromatic carbocycles. The van der Waals surface area contributed by atoms with E-state index in [9.17, 15) is 19.2 Å². The van der Waals surface area contributed by atoms with Crippen LogP contribution in [-0.2, 0) is 35.2 Å². The number of hydrogen-bond donors (Lipinski definition) is 2. The number of para-hydroxylation sites is 2. The molecule has 0 radical (unpaired) electrons. The lowest BCUT2D eigenvalue weighted by molar-refractivity contribution is -0.136. The molecule has 1 saturated heterocycles. The zero-order chi connectivity index (χ0) is 34.1. The first-order chi connectivity index (χ1) is 23.4. The summed E-state index contributed by atoms with van der Waals surface area (Å²) in [5, 5.41) is 5.57. The van der Waals surface area contributed by atoms with Crippen molar-refractivity contribution in [3.8, 4) is 11.5 Å². The molecule has 4 amide bonds. The molecule has 13 nitrogen and oxygen atoms in total. The van der Waals surface area contributed by atoms with E-state index in [2.05, 4.69) is 10.6 Å². The predicted molar refractivity (Wildman–Crippen MR) is 176 cm³/mol. The maximum Gasteiger partial charge on any atom is 0.410 e. The summed E-state index contributed by atoms with van der Waals surface area (Å²) < 4.78 is 28.4. The highest BCUT2D eigenvalue weighted by Crippen LogP contribution is 2.26. The topological polar surface area (TPSA) is 145 Å². The van der Waals surface area contributed by atoms with Gasteiger partial charge in [-0.15, -0.1) is 0 Å². The molecule has 0 saturated carbocycles. The normalized spacial score (nSPS) is 18.8. The van der Waals surface area contributed by atoms with Gasteiger partial charge in [0, 0.05) is 19.6 Å². The Balaban J connectivity index is 1.28.